The summed E-state index contributed by atoms with van der Waals surface area (Å²) >= 11 is 6.88. The van der Waals surface area contributed by atoms with Gasteiger partial charge in [0.2, 0.25) is 11.1 Å². The van der Waals surface area contributed by atoms with Gasteiger partial charge in [0, 0.05) is 6.54 Å². The molecule has 11 heteroatoms. The molecule has 1 aromatic heterocycles. The highest BCUT2D eigenvalue weighted by Gasteiger charge is 2.31. The maximum absolute atomic E-state index is 12.7. The van der Waals surface area contributed by atoms with Gasteiger partial charge in [-0.3, -0.25) is 4.79 Å². The number of hydrogen-bond acceptors (Lipinski definition) is 5. The molecule has 2 aromatic rings. The average molecular weight is 366 g/mol. The molecule has 0 saturated carbocycles. The van der Waals surface area contributed by atoms with Crippen molar-refractivity contribution < 1.29 is 18.0 Å². The Labute approximate surface area is 138 Å². The molecule has 0 unspecified atom stereocenters. The number of carbonyl (C=O) groups is 1. The highest BCUT2D eigenvalue weighted by molar-refractivity contribution is 7.99. The van der Waals surface area contributed by atoms with Crippen molar-refractivity contribution in [1.29, 1.82) is 0 Å². The highest BCUT2D eigenvalue weighted by Crippen LogP contribution is 2.33. The van der Waals surface area contributed by atoms with Crippen LogP contribution in [0.5, 0.6) is 0 Å². The zero-order valence-corrected chi connectivity index (χ0v) is 13.3. The summed E-state index contributed by atoms with van der Waals surface area (Å²) < 4.78 is 39.5. The fourth-order valence-corrected chi connectivity index (χ4v) is 2.52. The second kappa shape index (κ2) is 7.18. The third-order valence-corrected chi connectivity index (χ3v) is 3.99. The van der Waals surface area contributed by atoms with Crippen LogP contribution in [0.1, 0.15) is 12.5 Å². The average Bonchev–Trinajstić information content (AvgIpc) is 2.93. The molecule has 0 aliphatic heterocycles. The first kappa shape index (κ1) is 17.5. The van der Waals surface area contributed by atoms with E-state index in [4.69, 9.17) is 11.6 Å². The number of anilines is 1. The molecule has 124 valence electrons. The van der Waals surface area contributed by atoms with Gasteiger partial charge in [-0.2, -0.15) is 13.2 Å². The van der Waals surface area contributed by atoms with Crippen molar-refractivity contribution >= 4 is 35.0 Å². The standard InChI is InChI=1S/C12H11ClF3N5OS/c1-2-21-11(18-19-20-21)23-6-10(22)17-9-5-7(12(14,15)16)3-4-8(9)13/h3-5H,2,6H2,1H3,(H,17,22). The van der Waals surface area contributed by atoms with E-state index < -0.39 is 17.6 Å². The van der Waals surface area contributed by atoms with Crippen molar-refractivity contribution in [3.63, 3.8) is 0 Å². The summed E-state index contributed by atoms with van der Waals surface area (Å²) in [5.41, 5.74) is -0.984. The van der Waals surface area contributed by atoms with Gasteiger partial charge in [-0.1, -0.05) is 23.4 Å². The maximum Gasteiger partial charge on any atom is 0.416 e. The van der Waals surface area contributed by atoms with E-state index in [1.165, 1.54) is 4.68 Å². The van der Waals surface area contributed by atoms with Crippen molar-refractivity contribution in [2.45, 2.75) is 24.8 Å². The highest BCUT2D eigenvalue weighted by atomic mass is 35.5. The van der Waals surface area contributed by atoms with Crippen LogP contribution in [0.25, 0.3) is 0 Å². The van der Waals surface area contributed by atoms with Crippen molar-refractivity contribution in [2.75, 3.05) is 11.1 Å². The number of aryl methyl sites for hydroxylation is 1. The van der Waals surface area contributed by atoms with E-state index in [1.807, 2.05) is 6.92 Å². The molecule has 0 fully saturated rings. The van der Waals surface area contributed by atoms with E-state index in [2.05, 4.69) is 20.8 Å². The molecular formula is C12H11ClF3N5OS. The summed E-state index contributed by atoms with van der Waals surface area (Å²) in [5.74, 6) is -0.575. The molecule has 0 saturated heterocycles. The van der Waals surface area contributed by atoms with Crippen molar-refractivity contribution in [3.8, 4) is 0 Å². The minimum atomic E-state index is -4.51. The predicted octanol–water partition coefficient (Wildman–Crippen LogP) is 3.10. The largest absolute Gasteiger partial charge is 0.416 e. The molecule has 23 heavy (non-hydrogen) atoms. The fraction of sp³-hybridized carbons (Fsp3) is 0.333. The summed E-state index contributed by atoms with van der Waals surface area (Å²) in [4.78, 5) is 11.9. The maximum atomic E-state index is 12.7. The lowest BCUT2D eigenvalue weighted by molar-refractivity contribution is -0.137. The number of nitrogens with one attached hydrogen (secondary N) is 1. The molecule has 1 amide bonds. The lowest BCUT2D eigenvalue weighted by Gasteiger charge is -2.11. The number of halogens is 4. The van der Waals surface area contributed by atoms with Crippen LogP contribution in [0.2, 0.25) is 5.02 Å². The SMILES string of the molecule is CCn1nnnc1SCC(=O)Nc1cc(C(F)(F)F)ccc1Cl. The fourth-order valence-electron chi connectivity index (χ4n) is 1.61. The Morgan fingerprint density at radius 1 is 1.43 bits per heavy atom. The first-order valence-electron chi connectivity index (χ1n) is 6.36. The second-order valence-electron chi connectivity index (χ2n) is 4.31. The third kappa shape index (κ3) is 4.58. The van der Waals surface area contributed by atoms with Gasteiger partial charge in [-0.15, -0.1) is 5.10 Å². The number of thioether (sulfide) groups is 1. The van der Waals surface area contributed by atoms with Gasteiger partial charge >= 0.3 is 6.18 Å². The summed E-state index contributed by atoms with van der Waals surface area (Å²) in [5, 5.41) is 13.7. The summed E-state index contributed by atoms with van der Waals surface area (Å²) in [6, 6.07) is 2.73. The summed E-state index contributed by atoms with van der Waals surface area (Å²) in [7, 11) is 0. The van der Waals surface area contributed by atoms with E-state index >= 15 is 0 Å². The number of carbonyl (C=O) groups excluding carboxylic acids is 1. The molecule has 0 aliphatic carbocycles. The van der Waals surface area contributed by atoms with Gasteiger partial charge < -0.3 is 5.32 Å². The summed E-state index contributed by atoms with van der Waals surface area (Å²) in [6.45, 7) is 2.37. The quantitative estimate of drug-likeness (QED) is 0.824. The van der Waals surface area contributed by atoms with E-state index in [9.17, 15) is 18.0 Å². The minimum Gasteiger partial charge on any atom is -0.324 e. The van der Waals surface area contributed by atoms with Gasteiger partial charge in [-0.05, 0) is 35.5 Å². The Morgan fingerprint density at radius 2 is 2.17 bits per heavy atom. The normalized spacial score (nSPS) is 11.5. The molecule has 2 rings (SSSR count). The minimum absolute atomic E-state index is 0.0229. The first-order chi connectivity index (χ1) is 10.8. The van der Waals surface area contributed by atoms with Gasteiger partial charge in [0.1, 0.15) is 0 Å². The zero-order chi connectivity index (χ0) is 17.0. The Morgan fingerprint density at radius 3 is 2.83 bits per heavy atom. The number of hydrogen-bond donors (Lipinski definition) is 1. The Bertz CT molecular complexity index is 706. The lowest BCUT2D eigenvalue weighted by atomic mass is 10.2. The van der Waals surface area contributed by atoms with Crippen LogP contribution in [0, 0.1) is 0 Å². The molecule has 0 bridgehead atoms. The van der Waals surface area contributed by atoms with Crippen LogP contribution in [0.4, 0.5) is 18.9 Å². The van der Waals surface area contributed by atoms with E-state index in [0.29, 0.717) is 11.7 Å². The molecule has 1 heterocycles. The molecule has 0 radical (unpaired) electrons. The topological polar surface area (TPSA) is 72.7 Å². The molecule has 0 atom stereocenters. The molecular weight excluding hydrogens is 355 g/mol. The van der Waals surface area contributed by atoms with Gasteiger partial charge in [0.25, 0.3) is 0 Å². The van der Waals surface area contributed by atoms with Crippen LogP contribution >= 0.6 is 23.4 Å². The van der Waals surface area contributed by atoms with Crippen LogP contribution in [0.15, 0.2) is 23.4 Å². The molecule has 6 nitrogen and oxygen atoms in total. The molecule has 0 aliphatic rings. The monoisotopic (exact) mass is 365 g/mol. The molecule has 1 aromatic carbocycles. The van der Waals surface area contributed by atoms with Crippen LogP contribution in [0.3, 0.4) is 0 Å². The summed E-state index contributed by atoms with van der Waals surface area (Å²) in [6.07, 6.45) is -4.51. The predicted molar refractivity (Wildman–Crippen MR) is 79.3 cm³/mol. The van der Waals surface area contributed by atoms with E-state index in [1.54, 1.807) is 0 Å². The number of tetrazole rings is 1. The number of benzene rings is 1. The van der Waals surface area contributed by atoms with Crippen LogP contribution < -0.4 is 5.32 Å². The zero-order valence-electron chi connectivity index (χ0n) is 11.8. The lowest BCUT2D eigenvalue weighted by Crippen LogP contribution is -2.16. The van der Waals surface area contributed by atoms with Crippen LogP contribution in [-0.4, -0.2) is 31.9 Å². The van der Waals surface area contributed by atoms with Crippen molar-refractivity contribution in [3.05, 3.63) is 28.8 Å². The first-order valence-corrected chi connectivity index (χ1v) is 7.73. The van der Waals surface area contributed by atoms with Gasteiger partial charge in [-0.25, -0.2) is 4.68 Å². The number of nitrogens with zero attached hydrogens (tertiary/aromatic N) is 4. The van der Waals surface area contributed by atoms with Gasteiger partial charge in [0.05, 0.1) is 22.0 Å². The third-order valence-electron chi connectivity index (χ3n) is 2.70. The molecule has 1 N–H and O–H groups in total. The number of rotatable bonds is 5. The van der Waals surface area contributed by atoms with E-state index in [0.717, 1.165) is 30.0 Å². The number of amides is 1. The number of aromatic nitrogens is 4. The Hall–Kier alpha value is -1.81. The second-order valence-corrected chi connectivity index (χ2v) is 5.66. The van der Waals surface area contributed by atoms with Crippen molar-refractivity contribution in [1.82, 2.24) is 20.2 Å². The Balaban J connectivity index is 2.03. The molecule has 0 spiro atoms. The van der Waals surface area contributed by atoms with Gasteiger partial charge in [0.15, 0.2) is 0 Å². The van der Waals surface area contributed by atoms with E-state index in [-0.39, 0.29) is 16.5 Å². The smallest absolute Gasteiger partial charge is 0.324 e. The van der Waals surface area contributed by atoms with Crippen molar-refractivity contribution in [2.24, 2.45) is 0 Å². The Kier molecular flexibility index (Phi) is 5.47. The van der Waals surface area contributed by atoms with Crippen LogP contribution in [-0.2, 0) is 17.5 Å². The number of alkyl halides is 3.